The molecule has 0 atom stereocenters. The molecule has 2 aromatic carbocycles. The van der Waals surface area contributed by atoms with Crippen molar-refractivity contribution in [3.63, 3.8) is 0 Å². The second-order valence-corrected chi connectivity index (χ2v) is 8.67. The summed E-state index contributed by atoms with van der Waals surface area (Å²) in [7, 11) is 0. The predicted molar refractivity (Wildman–Crippen MR) is 144 cm³/mol. The quantitative estimate of drug-likeness (QED) is 0.332. The highest BCUT2D eigenvalue weighted by atomic mass is 16.1. The van der Waals surface area contributed by atoms with E-state index in [-0.39, 0.29) is 12.3 Å². The molecule has 0 aliphatic carbocycles. The van der Waals surface area contributed by atoms with E-state index in [0.717, 1.165) is 38.6 Å². The van der Waals surface area contributed by atoms with Crippen molar-refractivity contribution in [2.75, 3.05) is 5.32 Å². The van der Waals surface area contributed by atoms with Gasteiger partial charge in [-0.25, -0.2) is 0 Å². The van der Waals surface area contributed by atoms with Crippen LogP contribution in [0.25, 0.3) is 27.6 Å². The molecular weight excluding hydrogens is 462 g/mol. The minimum Gasteiger partial charge on any atom is -0.352 e. The molecule has 0 radical (unpaired) electrons. The van der Waals surface area contributed by atoms with Crippen molar-refractivity contribution in [1.29, 1.82) is 0 Å². The molecule has 0 aliphatic heterocycles. The maximum absolute atomic E-state index is 12.7. The smallest absolute Gasteiger partial charge is 0.224 e. The Labute approximate surface area is 213 Å². The topological polar surface area (TPSA) is 97.6 Å². The summed E-state index contributed by atoms with van der Waals surface area (Å²) in [5.74, 6) is 1.26. The van der Waals surface area contributed by atoms with Gasteiger partial charge in [0.15, 0.2) is 11.6 Å². The lowest BCUT2D eigenvalue weighted by atomic mass is 10.1. The van der Waals surface area contributed by atoms with Crippen molar-refractivity contribution in [3.05, 3.63) is 115 Å². The molecule has 6 rings (SSSR count). The molecule has 8 nitrogen and oxygen atoms in total. The number of carbonyl (C=O) groups excluding carboxylic acids is 1. The second-order valence-electron chi connectivity index (χ2n) is 8.67. The Balaban J connectivity index is 1.21. The monoisotopic (exact) mass is 485 g/mol. The zero-order chi connectivity index (χ0) is 25.0. The van der Waals surface area contributed by atoms with Gasteiger partial charge in [-0.2, -0.15) is 0 Å². The molecule has 0 saturated carbocycles. The number of nitrogens with zero attached hydrogens (tertiary/aromatic N) is 5. The largest absolute Gasteiger partial charge is 0.352 e. The first-order chi connectivity index (χ1) is 18.2. The Kier molecular flexibility index (Phi) is 5.96. The molecule has 1 amide bonds. The lowest BCUT2D eigenvalue weighted by Crippen LogP contribution is -2.24. The van der Waals surface area contributed by atoms with Crippen LogP contribution >= 0.6 is 0 Å². The van der Waals surface area contributed by atoms with E-state index in [9.17, 15) is 4.79 Å². The van der Waals surface area contributed by atoms with E-state index in [1.807, 2.05) is 89.6 Å². The van der Waals surface area contributed by atoms with Gasteiger partial charge in [0.05, 0.1) is 17.5 Å². The third-order valence-corrected chi connectivity index (χ3v) is 6.13. The van der Waals surface area contributed by atoms with Gasteiger partial charge in [-0.3, -0.25) is 19.3 Å². The highest BCUT2D eigenvalue weighted by Crippen LogP contribution is 2.25. The number of para-hydroxylation sites is 1. The molecule has 37 heavy (non-hydrogen) atoms. The van der Waals surface area contributed by atoms with Crippen molar-refractivity contribution in [1.82, 2.24) is 30.0 Å². The van der Waals surface area contributed by atoms with E-state index in [4.69, 9.17) is 0 Å². The molecule has 0 unspecified atom stereocenters. The molecule has 0 fully saturated rings. The number of rotatable bonds is 7. The second kappa shape index (κ2) is 9.87. The van der Waals surface area contributed by atoms with Crippen LogP contribution in [0.4, 0.5) is 11.5 Å². The van der Waals surface area contributed by atoms with Gasteiger partial charge in [-0.05, 0) is 59.7 Å². The number of hydrogen-bond donors (Lipinski definition) is 2. The first kappa shape index (κ1) is 22.4. The van der Waals surface area contributed by atoms with E-state index in [1.165, 1.54) is 0 Å². The molecule has 180 valence electrons. The summed E-state index contributed by atoms with van der Waals surface area (Å²) in [5, 5.41) is 17.2. The van der Waals surface area contributed by atoms with Crippen LogP contribution in [-0.2, 0) is 17.8 Å². The normalized spacial score (nSPS) is 11.0. The number of fused-ring (bicyclic) bond motifs is 2. The van der Waals surface area contributed by atoms with Gasteiger partial charge < -0.3 is 10.6 Å². The number of nitrogens with one attached hydrogen (secondary N) is 2. The fourth-order valence-electron chi connectivity index (χ4n) is 4.34. The Morgan fingerprint density at radius 3 is 2.68 bits per heavy atom. The van der Waals surface area contributed by atoms with Gasteiger partial charge in [0, 0.05) is 47.8 Å². The number of benzene rings is 2. The van der Waals surface area contributed by atoms with E-state index in [2.05, 4.69) is 30.8 Å². The van der Waals surface area contributed by atoms with Gasteiger partial charge in [-0.15, -0.1) is 10.2 Å². The molecule has 6 aromatic rings. The Hall–Kier alpha value is -5.11. The highest BCUT2D eigenvalue weighted by molar-refractivity contribution is 5.90. The zero-order valence-corrected chi connectivity index (χ0v) is 19.9. The van der Waals surface area contributed by atoms with Gasteiger partial charge in [0.2, 0.25) is 5.91 Å². The minimum atomic E-state index is -0.0528. The summed E-state index contributed by atoms with van der Waals surface area (Å²) in [6.45, 7) is 0.443. The molecule has 0 spiro atoms. The van der Waals surface area contributed by atoms with Crippen LogP contribution in [0.3, 0.4) is 0 Å². The van der Waals surface area contributed by atoms with Crippen LogP contribution in [0.1, 0.15) is 11.1 Å². The molecule has 2 N–H and O–H groups in total. The minimum absolute atomic E-state index is 0.0528. The van der Waals surface area contributed by atoms with Crippen molar-refractivity contribution in [3.8, 4) is 5.82 Å². The summed E-state index contributed by atoms with van der Waals surface area (Å²) >= 11 is 0. The SMILES string of the molecule is O=C(Cc1cn(-c2ccc(Nc3ccc4ncccc4c3)nn2)c2ccccc12)NCc1cccnc1. The maximum atomic E-state index is 12.7. The Bertz CT molecular complexity index is 1700. The van der Waals surface area contributed by atoms with Crippen LogP contribution < -0.4 is 10.6 Å². The lowest BCUT2D eigenvalue weighted by Gasteiger charge is -2.08. The summed E-state index contributed by atoms with van der Waals surface area (Å²) in [6, 6.07) is 25.5. The van der Waals surface area contributed by atoms with E-state index in [1.54, 1.807) is 18.6 Å². The maximum Gasteiger partial charge on any atom is 0.224 e. The summed E-state index contributed by atoms with van der Waals surface area (Å²) in [6.07, 6.45) is 7.47. The molecule has 0 bridgehead atoms. The predicted octanol–water partition coefficient (Wildman–Crippen LogP) is 4.97. The summed E-state index contributed by atoms with van der Waals surface area (Å²) in [4.78, 5) is 21.1. The number of amides is 1. The molecule has 0 aliphatic rings. The highest BCUT2D eigenvalue weighted by Gasteiger charge is 2.14. The van der Waals surface area contributed by atoms with Gasteiger partial charge in [0.1, 0.15) is 0 Å². The summed E-state index contributed by atoms with van der Waals surface area (Å²) < 4.78 is 1.97. The number of anilines is 2. The average molecular weight is 486 g/mol. The molecular formula is C29H23N7O. The zero-order valence-electron chi connectivity index (χ0n) is 19.9. The van der Waals surface area contributed by atoms with Gasteiger partial charge >= 0.3 is 0 Å². The first-order valence-electron chi connectivity index (χ1n) is 11.9. The molecule has 4 heterocycles. The van der Waals surface area contributed by atoms with Crippen LogP contribution in [0.2, 0.25) is 0 Å². The number of aromatic nitrogens is 5. The fourth-order valence-corrected chi connectivity index (χ4v) is 4.34. The van der Waals surface area contributed by atoms with Crippen molar-refractivity contribution < 1.29 is 4.79 Å². The first-order valence-corrected chi connectivity index (χ1v) is 11.9. The third-order valence-electron chi connectivity index (χ3n) is 6.13. The number of pyridine rings is 2. The van der Waals surface area contributed by atoms with Gasteiger partial charge in [0.25, 0.3) is 0 Å². The van der Waals surface area contributed by atoms with Crippen molar-refractivity contribution >= 4 is 39.2 Å². The van der Waals surface area contributed by atoms with E-state index >= 15 is 0 Å². The van der Waals surface area contributed by atoms with Gasteiger partial charge in [-0.1, -0.05) is 30.3 Å². The lowest BCUT2D eigenvalue weighted by molar-refractivity contribution is -0.120. The summed E-state index contributed by atoms with van der Waals surface area (Å²) in [5.41, 5.74) is 4.70. The standard InChI is InChI=1S/C29H23N7O/c37-29(32-18-20-5-3-13-30-17-20)16-22-19-36(26-8-2-1-7-24(22)26)28-12-11-27(34-35-28)33-23-9-10-25-21(15-23)6-4-14-31-25/h1-15,17,19H,16,18H2,(H,32,37)(H,33,34). The van der Waals surface area contributed by atoms with Crippen LogP contribution in [-0.4, -0.2) is 30.6 Å². The van der Waals surface area contributed by atoms with E-state index in [0.29, 0.717) is 18.2 Å². The average Bonchev–Trinajstić information content (AvgIpc) is 3.31. The fraction of sp³-hybridized carbons (Fsp3) is 0.0690. The molecule has 0 saturated heterocycles. The van der Waals surface area contributed by atoms with Crippen LogP contribution in [0.15, 0.2) is 104 Å². The van der Waals surface area contributed by atoms with Crippen molar-refractivity contribution in [2.24, 2.45) is 0 Å². The van der Waals surface area contributed by atoms with Crippen LogP contribution in [0, 0.1) is 0 Å². The van der Waals surface area contributed by atoms with Crippen LogP contribution in [0.5, 0.6) is 0 Å². The Morgan fingerprint density at radius 2 is 1.81 bits per heavy atom. The van der Waals surface area contributed by atoms with E-state index < -0.39 is 0 Å². The van der Waals surface area contributed by atoms with Crippen molar-refractivity contribution in [2.45, 2.75) is 13.0 Å². The molecule has 8 heteroatoms. The molecule has 4 aromatic heterocycles. The number of hydrogen-bond acceptors (Lipinski definition) is 6. The third kappa shape index (κ3) is 4.85. The number of carbonyl (C=O) groups is 1. The Morgan fingerprint density at radius 1 is 0.892 bits per heavy atom.